The summed E-state index contributed by atoms with van der Waals surface area (Å²) < 4.78 is 0. The Labute approximate surface area is 132 Å². The SMILES string of the molecule is Nc1nc(C(=O)O)nc([C@@H](O)c2csc3ncncc23)c1Cl. The monoisotopic (exact) mass is 337 g/mol. The number of rotatable bonds is 3. The van der Waals surface area contributed by atoms with E-state index in [9.17, 15) is 9.90 Å². The van der Waals surface area contributed by atoms with Gasteiger partial charge < -0.3 is 15.9 Å². The first-order valence-corrected chi connectivity index (χ1v) is 7.16. The minimum absolute atomic E-state index is 0.0740. The Bertz CT molecular complexity index is 884. The first-order valence-electron chi connectivity index (χ1n) is 5.90. The van der Waals surface area contributed by atoms with Crippen LogP contribution in [0.15, 0.2) is 17.9 Å². The number of carboxylic acid groups (broad SMARTS) is 1. The van der Waals surface area contributed by atoms with Crippen molar-refractivity contribution >= 4 is 44.9 Å². The van der Waals surface area contributed by atoms with Gasteiger partial charge in [0, 0.05) is 17.1 Å². The predicted molar refractivity (Wildman–Crippen MR) is 79.9 cm³/mol. The van der Waals surface area contributed by atoms with Gasteiger partial charge in [0.1, 0.15) is 28.1 Å². The third-order valence-corrected chi connectivity index (χ3v) is 4.24. The van der Waals surface area contributed by atoms with E-state index in [4.69, 9.17) is 22.4 Å². The van der Waals surface area contributed by atoms with Gasteiger partial charge in [0.05, 0.1) is 5.69 Å². The number of fused-ring (bicyclic) bond motifs is 1. The molecule has 112 valence electrons. The van der Waals surface area contributed by atoms with E-state index in [0.29, 0.717) is 15.8 Å². The lowest BCUT2D eigenvalue weighted by atomic mass is 10.1. The summed E-state index contributed by atoms with van der Waals surface area (Å²) in [5, 5.41) is 21.7. The van der Waals surface area contributed by atoms with Gasteiger partial charge in [0.15, 0.2) is 0 Å². The topological polar surface area (TPSA) is 135 Å². The summed E-state index contributed by atoms with van der Waals surface area (Å²) in [6.07, 6.45) is 1.68. The molecular weight excluding hydrogens is 330 g/mol. The second kappa shape index (κ2) is 5.44. The van der Waals surface area contributed by atoms with Crippen LogP contribution in [0.5, 0.6) is 0 Å². The summed E-state index contributed by atoms with van der Waals surface area (Å²) >= 11 is 7.31. The standard InChI is InChI=1S/C12H8ClN5O3S/c13-6-7(17-10(12(20)21)18-9(6)14)8(19)5-2-22-11-4(5)1-15-3-16-11/h1-3,8,19H,(H,20,21)(H2,14,17,18)/t8-/m0/s1. The van der Waals surface area contributed by atoms with Crippen molar-refractivity contribution in [1.82, 2.24) is 19.9 Å². The second-order valence-corrected chi connectivity index (χ2v) is 5.51. The van der Waals surface area contributed by atoms with E-state index in [1.165, 1.54) is 17.7 Å². The number of carboxylic acids is 1. The third kappa shape index (κ3) is 2.34. The predicted octanol–water partition coefficient (Wildman–Crippen LogP) is 1.50. The van der Waals surface area contributed by atoms with Crippen LogP contribution in [0.2, 0.25) is 5.02 Å². The zero-order valence-corrected chi connectivity index (χ0v) is 12.3. The van der Waals surface area contributed by atoms with Crippen molar-refractivity contribution in [3.05, 3.63) is 40.0 Å². The summed E-state index contributed by atoms with van der Waals surface area (Å²) in [6, 6.07) is 0. The Kier molecular flexibility index (Phi) is 3.61. The molecule has 0 aliphatic carbocycles. The van der Waals surface area contributed by atoms with Crippen LogP contribution < -0.4 is 5.73 Å². The Morgan fingerprint density at radius 3 is 2.91 bits per heavy atom. The van der Waals surface area contributed by atoms with Crippen molar-refractivity contribution in [2.24, 2.45) is 0 Å². The van der Waals surface area contributed by atoms with Crippen LogP contribution >= 0.6 is 22.9 Å². The van der Waals surface area contributed by atoms with E-state index in [-0.39, 0.29) is 16.5 Å². The highest BCUT2D eigenvalue weighted by atomic mass is 35.5. The van der Waals surface area contributed by atoms with Crippen molar-refractivity contribution in [2.45, 2.75) is 6.10 Å². The molecule has 0 fully saturated rings. The van der Waals surface area contributed by atoms with Crippen molar-refractivity contribution < 1.29 is 15.0 Å². The molecule has 0 aliphatic rings. The molecule has 0 unspecified atom stereocenters. The Hall–Kier alpha value is -2.36. The summed E-state index contributed by atoms with van der Waals surface area (Å²) in [6.45, 7) is 0. The molecule has 0 saturated heterocycles. The van der Waals surface area contributed by atoms with Gasteiger partial charge in [-0.3, -0.25) is 0 Å². The lowest BCUT2D eigenvalue weighted by Gasteiger charge is -2.12. The van der Waals surface area contributed by atoms with E-state index < -0.39 is 17.9 Å². The molecular formula is C12H8ClN5O3S. The number of halogens is 1. The molecule has 8 nitrogen and oxygen atoms in total. The van der Waals surface area contributed by atoms with E-state index in [1.54, 1.807) is 11.6 Å². The fraction of sp³-hybridized carbons (Fsp3) is 0.0833. The number of nitrogen functional groups attached to an aromatic ring is 1. The number of nitrogens with two attached hydrogens (primary N) is 1. The molecule has 3 aromatic heterocycles. The average Bonchev–Trinajstić information content (AvgIpc) is 2.93. The lowest BCUT2D eigenvalue weighted by molar-refractivity contribution is 0.0682. The maximum atomic E-state index is 11.0. The fourth-order valence-electron chi connectivity index (χ4n) is 1.91. The summed E-state index contributed by atoms with van der Waals surface area (Å²) in [5.41, 5.74) is 5.98. The molecule has 3 rings (SSSR count). The quantitative estimate of drug-likeness (QED) is 0.654. The molecule has 0 spiro atoms. The Morgan fingerprint density at radius 2 is 2.18 bits per heavy atom. The van der Waals surface area contributed by atoms with Crippen LogP contribution in [0.25, 0.3) is 10.2 Å². The fourth-order valence-corrected chi connectivity index (χ4v) is 3.00. The zero-order valence-electron chi connectivity index (χ0n) is 10.8. The molecule has 22 heavy (non-hydrogen) atoms. The molecule has 10 heteroatoms. The van der Waals surface area contributed by atoms with Crippen LogP contribution in [-0.4, -0.2) is 36.1 Å². The molecule has 0 saturated carbocycles. The van der Waals surface area contributed by atoms with Gasteiger partial charge in [-0.25, -0.2) is 24.7 Å². The highest BCUT2D eigenvalue weighted by Gasteiger charge is 2.24. The molecule has 0 radical (unpaired) electrons. The number of hydrogen-bond donors (Lipinski definition) is 3. The molecule has 0 aromatic carbocycles. The van der Waals surface area contributed by atoms with E-state index in [0.717, 1.165) is 0 Å². The number of carbonyl (C=O) groups is 1. The Morgan fingerprint density at radius 1 is 1.41 bits per heavy atom. The van der Waals surface area contributed by atoms with Crippen molar-refractivity contribution in [1.29, 1.82) is 0 Å². The number of aliphatic hydroxyl groups excluding tert-OH is 1. The number of anilines is 1. The second-order valence-electron chi connectivity index (χ2n) is 4.27. The minimum atomic E-state index is -1.37. The summed E-state index contributed by atoms with van der Waals surface area (Å²) in [7, 11) is 0. The average molecular weight is 338 g/mol. The van der Waals surface area contributed by atoms with Gasteiger partial charge in [0.25, 0.3) is 0 Å². The van der Waals surface area contributed by atoms with Gasteiger partial charge >= 0.3 is 5.97 Å². The number of aromatic nitrogens is 4. The number of nitrogens with zero attached hydrogens (tertiary/aromatic N) is 4. The van der Waals surface area contributed by atoms with E-state index in [1.807, 2.05) is 0 Å². The molecule has 4 N–H and O–H groups in total. The molecule has 3 heterocycles. The van der Waals surface area contributed by atoms with Gasteiger partial charge in [-0.05, 0) is 5.38 Å². The zero-order chi connectivity index (χ0) is 15.9. The third-order valence-electron chi connectivity index (χ3n) is 2.93. The van der Waals surface area contributed by atoms with Crippen LogP contribution in [0, 0.1) is 0 Å². The van der Waals surface area contributed by atoms with Crippen LogP contribution in [0.3, 0.4) is 0 Å². The summed E-state index contributed by atoms with van der Waals surface area (Å²) in [4.78, 5) is 27.0. The minimum Gasteiger partial charge on any atom is -0.475 e. The number of aliphatic hydroxyl groups is 1. The smallest absolute Gasteiger partial charge is 0.374 e. The molecule has 1 atom stereocenters. The van der Waals surface area contributed by atoms with Gasteiger partial charge in [-0.1, -0.05) is 11.6 Å². The first-order chi connectivity index (χ1) is 10.5. The number of hydrogen-bond acceptors (Lipinski definition) is 8. The van der Waals surface area contributed by atoms with Crippen molar-refractivity contribution in [3.63, 3.8) is 0 Å². The largest absolute Gasteiger partial charge is 0.475 e. The van der Waals surface area contributed by atoms with E-state index in [2.05, 4.69) is 19.9 Å². The highest BCUT2D eigenvalue weighted by Crippen LogP contribution is 2.35. The maximum absolute atomic E-state index is 11.0. The number of aromatic carboxylic acids is 1. The Balaban J connectivity index is 2.16. The van der Waals surface area contributed by atoms with Crippen LogP contribution in [0.1, 0.15) is 28.0 Å². The highest BCUT2D eigenvalue weighted by molar-refractivity contribution is 7.16. The van der Waals surface area contributed by atoms with Crippen molar-refractivity contribution in [2.75, 3.05) is 5.73 Å². The van der Waals surface area contributed by atoms with Crippen molar-refractivity contribution in [3.8, 4) is 0 Å². The molecule has 3 aromatic rings. The van der Waals surface area contributed by atoms with Gasteiger partial charge in [0.2, 0.25) is 5.82 Å². The lowest BCUT2D eigenvalue weighted by Crippen LogP contribution is -2.13. The first kappa shape index (κ1) is 14.6. The molecule has 0 bridgehead atoms. The number of thiophene rings is 1. The maximum Gasteiger partial charge on any atom is 0.374 e. The van der Waals surface area contributed by atoms with Crippen LogP contribution in [-0.2, 0) is 0 Å². The van der Waals surface area contributed by atoms with E-state index >= 15 is 0 Å². The van der Waals surface area contributed by atoms with Gasteiger partial charge in [-0.15, -0.1) is 11.3 Å². The van der Waals surface area contributed by atoms with Gasteiger partial charge in [-0.2, -0.15) is 0 Å². The molecule has 0 aliphatic heterocycles. The molecule has 0 amide bonds. The summed E-state index contributed by atoms with van der Waals surface area (Å²) in [5.74, 6) is -2.11. The van der Waals surface area contributed by atoms with Crippen LogP contribution in [0.4, 0.5) is 5.82 Å². The normalized spacial score (nSPS) is 12.5.